The number of fused-ring (bicyclic) bond motifs is 7. The first-order chi connectivity index (χ1) is 16.3. The van der Waals surface area contributed by atoms with Crippen molar-refractivity contribution in [1.82, 2.24) is 0 Å². The molecule has 9 atom stereocenters. The van der Waals surface area contributed by atoms with Crippen LogP contribution < -0.4 is 0 Å². The van der Waals surface area contributed by atoms with Gasteiger partial charge in [0, 0.05) is 0 Å². The smallest absolute Gasteiger partial charge is 0.305 e. The van der Waals surface area contributed by atoms with Crippen LogP contribution >= 0.6 is 0 Å². The Balaban J connectivity index is 0.000000400. The molecule has 2 nitrogen and oxygen atoms in total. The number of carboxylic acid groups (broad SMARTS) is 1. The number of rotatable bonds is 3. The molecular formula is C34H58O2. The fourth-order valence-electron chi connectivity index (χ4n) is 13.2. The Hall–Kier alpha value is -0.530. The summed E-state index contributed by atoms with van der Waals surface area (Å²) in [5.74, 6) is 3.94. The molecule has 36 heavy (non-hydrogen) atoms. The predicted octanol–water partition coefficient (Wildman–Crippen LogP) is 9.47. The molecule has 2 heteroatoms. The first kappa shape index (κ1) is 27.1. The van der Waals surface area contributed by atoms with E-state index in [0.29, 0.717) is 37.9 Å². The Kier molecular flexibility index (Phi) is 5.68. The lowest BCUT2D eigenvalue weighted by atomic mass is 9.17. The molecule has 6 bridgehead atoms. The molecule has 9 aliphatic carbocycles. The highest BCUT2D eigenvalue weighted by Gasteiger charge is 2.83. The normalized spacial score (nSPS) is 52.6. The molecule has 0 amide bonds. The molecule has 0 saturated heterocycles. The summed E-state index contributed by atoms with van der Waals surface area (Å²) >= 11 is 0. The molecule has 0 aromatic carbocycles. The van der Waals surface area contributed by atoms with Crippen molar-refractivity contribution in [3.8, 4) is 0 Å². The van der Waals surface area contributed by atoms with Gasteiger partial charge in [0.05, 0.1) is 5.92 Å². The van der Waals surface area contributed by atoms with Crippen molar-refractivity contribution in [3.63, 3.8) is 0 Å². The van der Waals surface area contributed by atoms with Crippen LogP contribution in [0, 0.1) is 73.4 Å². The van der Waals surface area contributed by atoms with Gasteiger partial charge in [-0.3, -0.25) is 4.79 Å². The van der Waals surface area contributed by atoms with Crippen LogP contribution in [0.2, 0.25) is 0 Å². The average molecular weight is 499 g/mol. The van der Waals surface area contributed by atoms with Crippen molar-refractivity contribution >= 4 is 5.97 Å². The SMILES string of the molecule is CC(C)C(=O)O.CC1(C)C2CCC(C)(C3(C)CCC4CC3(C3(C)CCC5CC3C5(C)C)C4(C)C)C1C2. The maximum Gasteiger partial charge on any atom is 0.305 e. The van der Waals surface area contributed by atoms with Crippen LogP contribution in [0.1, 0.15) is 134 Å². The lowest BCUT2D eigenvalue weighted by molar-refractivity contribution is -0.387. The summed E-state index contributed by atoms with van der Waals surface area (Å²) in [7, 11) is 0. The minimum absolute atomic E-state index is 0.231. The lowest BCUT2D eigenvalue weighted by Crippen LogP contribution is -2.80. The number of hydrogen-bond acceptors (Lipinski definition) is 1. The molecule has 9 saturated carbocycles. The molecule has 9 unspecified atom stereocenters. The Morgan fingerprint density at radius 3 is 1.50 bits per heavy atom. The number of carboxylic acids is 1. The van der Waals surface area contributed by atoms with Crippen LogP contribution in [-0.4, -0.2) is 11.1 Å². The molecule has 9 aliphatic rings. The fourth-order valence-corrected chi connectivity index (χ4v) is 13.2. The summed E-state index contributed by atoms with van der Waals surface area (Å²) in [6, 6.07) is 0. The summed E-state index contributed by atoms with van der Waals surface area (Å²) in [5, 5.41) is 7.99. The molecule has 0 aromatic heterocycles. The highest BCUT2D eigenvalue weighted by molar-refractivity contribution is 5.68. The van der Waals surface area contributed by atoms with Gasteiger partial charge in [-0.05, 0) is 125 Å². The standard InChI is InChI=1S/C30H50.C4H8O2/c1-24(2)19-10-13-27(7,22(24)16-19)29(9)15-12-21-18-30(29,26(21,5)6)28(8)14-11-20-17-23(28)25(20,3)4;1-3(2)4(5)6/h19-23H,10-18H2,1-9H3;3H,1-2H3,(H,5,6). The van der Waals surface area contributed by atoms with E-state index in [2.05, 4.69) is 62.3 Å². The highest BCUT2D eigenvalue weighted by atomic mass is 16.4. The maximum atomic E-state index is 9.70. The van der Waals surface area contributed by atoms with E-state index in [1.54, 1.807) is 20.3 Å². The maximum absolute atomic E-state index is 9.70. The Bertz CT molecular complexity index is 923. The molecule has 9 fully saturated rings. The second kappa shape index (κ2) is 7.56. The number of aliphatic carboxylic acids is 1. The molecule has 0 spiro atoms. The van der Waals surface area contributed by atoms with Crippen LogP contribution in [0.5, 0.6) is 0 Å². The van der Waals surface area contributed by atoms with Crippen LogP contribution in [0.25, 0.3) is 0 Å². The molecule has 0 radical (unpaired) electrons. The summed E-state index contributed by atoms with van der Waals surface area (Å²) in [6.07, 6.45) is 13.7. The second-order valence-corrected chi connectivity index (χ2v) is 17.4. The van der Waals surface area contributed by atoms with Crippen LogP contribution in [0.4, 0.5) is 0 Å². The number of carbonyl (C=O) groups is 1. The van der Waals surface area contributed by atoms with Crippen molar-refractivity contribution in [2.75, 3.05) is 0 Å². The van der Waals surface area contributed by atoms with Crippen molar-refractivity contribution < 1.29 is 9.90 Å². The zero-order chi connectivity index (χ0) is 26.9. The average Bonchev–Trinajstić information content (AvgIpc) is 2.78. The quantitative estimate of drug-likeness (QED) is 0.420. The van der Waals surface area contributed by atoms with Gasteiger partial charge in [0.2, 0.25) is 0 Å². The van der Waals surface area contributed by atoms with Gasteiger partial charge in [0.1, 0.15) is 0 Å². The van der Waals surface area contributed by atoms with Crippen LogP contribution in [-0.2, 0) is 4.79 Å². The van der Waals surface area contributed by atoms with Gasteiger partial charge in [-0.2, -0.15) is 0 Å². The Morgan fingerprint density at radius 1 is 0.694 bits per heavy atom. The van der Waals surface area contributed by atoms with E-state index in [4.69, 9.17) is 5.11 Å². The number of hydrogen-bond donors (Lipinski definition) is 1. The molecular weight excluding hydrogens is 440 g/mol. The summed E-state index contributed by atoms with van der Waals surface area (Å²) < 4.78 is 0. The minimum Gasteiger partial charge on any atom is -0.481 e. The van der Waals surface area contributed by atoms with Crippen molar-refractivity contribution in [2.45, 2.75) is 134 Å². The summed E-state index contributed by atoms with van der Waals surface area (Å²) in [6.45, 7) is 27.8. The summed E-state index contributed by atoms with van der Waals surface area (Å²) in [5.41, 5.74) is 3.78. The second-order valence-electron chi connectivity index (χ2n) is 17.4. The first-order valence-electron chi connectivity index (χ1n) is 15.6. The minimum atomic E-state index is -0.741. The van der Waals surface area contributed by atoms with Crippen LogP contribution in [0.3, 0.4) is 0 Å². The Labute approximate surface area is 223 Å². The third-order valence-electron chi connectivity index (χ3n) is 15.8. The van der Waals surface area contributed by atoms with E-state index in [0.717, 1.165) is 29.6 Å². The van der Waals surface area contributed by atoms with Gasteiger partial charge in [-0.25, -0.2) is 0 Å². The van der Waals surface area contributed by atoms with E-state index in [9.17, 15) is 4.79 Å². The van der Waals surface area contributed by atoms with Gasteiger partial charge < -0.3 is 5.11 Å². The van der Waals surface area contributed by atoms with Gasteiger partial charge >= 0.3 is 5.97 Å². The molecule has 9 rings (SSSR count). The van der Waals surface area contributed by atoms with E-state index in [-0.39, 0.29) is 5.92 Å². The van der Waals surface area contributed by atoms with E-state index < -0.39 is 5.97 Å². The van der Waals surface area contributed by atoms with Gasteiger partial charge in [0.15, 0.2) is 0 Å². The summed E-state index contributed by atoms with van der Waals surface area (Å²) in [4.78, 5) is 9.70. The Morgan fingerprint density at radius 2 is 1.11 bits per heavy atom. The zero-order valence-electron chi connectivity index (χ0n) is 25.7. The topological polar surface area (TPSA) is 37.3 Å². The molecule has 0 heterocycles. The monoisotopic (exact) mass is 498 g/mol. The van der Waals surface area contributed by atoms with Crippen molar-refractivity contribution in [2.24, 2.45) is 73.4 Å². The fraction of sp³-hybridized carbons (Fsp3) is 0.971. The molecule has 1 N–H and O–H groups in total. The first-order valence-corrected chi connectivity index (χ1v) is 15.6. The molecule has 206 valence electrons. The lowest BCUT2D eigenvalue weighted by Gasteiger charge is -2.87. The van der Waals surface area contributed by atoms with E-state index >= 15 is 0 Å². The zero-order valence-corrected chi connectivity index (χ0v) is 25.7. The highest BCUT2D eigenvalue weighted by Crippen LogP contribution is 2.90. The predicted molar refractivity (Wildman–Crippen MR) is 150 cm³/mol. The molecule has 0 aliphatic heterocycles. The van der Waals surface area contributed by atoms with Gasteiger partial charge in [0.25, 0.3) is 0 Å². The van der Waals surface area contributed by atoms with Crippen LogP contribution in [0.15, 0.2) is 0 Å². The van der Waals surface area contributed by atoms with E-state index in [1.807, 2.05) is 0 Å². The van der Waals surface area contributed by atoms with Crippen molar-refractivity contribution in [1.29, 1.82) is 0 Å². The van der Waals surface area contributed by atoms with Gasteiger partial charge in [-0.1, -0.05) is 76.2 Å². The van der Waals surface area contributed by atoms with E-state index in [1.165, 1.54) is 51.4 Å². The third-order valence-corrected chi connectivity index (χ3v) is 15.8. The third kappa shape index (κ3) is 2.79. The van der Waals surface area contributed by atoms with Crippen molar-refractivity contribution in [3.05, 3.63) is 0 Å². The molecule has 0 aromatic rings. The van der Waals surface area contributed by atoms with Gasteiger partial charge in [-0.15, -0.1) is 0 Å². The largest absolute Gasteiger partial charge is 0.481 e.